The number of rotatable bonds is 5. The average molecular weight is 339 g/mol. The van der Waals surface area contributed by atoms with Crippen LogP contribution in [0.4, 0.5) is 10.1 Å². The van der Waals surface area contributed by atoms with Crippen molar-refractivity contribution in [1.82, 2.24) is 0 Å². The quantitative estimate of drug-likeness (QED) is 0.847. The highest BCUT2D eigenvalue weighted by Gasteiger charge is 2.20. The minimum absolute atomic E-state index is 0.137. The van der Waals surface area contributed by atoms with E-state index in [2.05, 4.69) is 5.32 Å². The molecule has 0 bridgehead atoms. The second-order valence-electron chi connectivity index (χ2n) is 4.51. The number of carbonyl (C=O) groups is 1. The van der Waals surface area contributed by atoms with Crippen LogP contribution in [0.5, 0.6) is 11.5 Å². The predicted molar refractivity (Wildman–Crippen MR) is 81.5 cm³/mol. The van der Waals surface area contributed by atoms with Gasteiger partial charge in [-0.05, 0) is 24.3 Å². The topological polar surface area (TPSA) is 81.7 Å². The van der Waals surface area contributed by atoms with Crippen LogP contribution in [0.1, 0.15) is 6.92 Å². The molecule has 0 heterocycles. The van der Waals surface area contributed by atoms with E-state index in [4.69, 9.17) is 8.92 Å². The molecule has 0 unspecified atom stereocenters. The van der Waals surface area contributed by atoms with Crippen molar-refractivity contribution in [2.24, 2.45) is 0 Å². The zero-order chi connectivity index (χ0) is 17.0. The number of benzene rings is 2. The molecule has 1 amide bonds. The minimum Gasteiger partial charge on any atom is -0.495 e. The smallest absolute Gasteiger partial charge is 0.339 e. The fourth-order valence-electron chi connectivity index (χ4n) is 1.80. The Bertz CT molecular complexity index is 836. The van der Waals surface area contributed by atoms with Gasteiger partial charge in [0, 0.05) is 13.0 Å². The molecule has 0 saturated heterocycles. The number of methoxy groups -OCH3 is 1. The monoisotopic (exact) mass is 339 g/mol. The lowest BCUT2D eigenvalue weighted by molar-refractivity contribution is -0.114. The van der Waals surface area contributed by atoms with Crippen LogP contribution in [0, 0.1) is 5.82 Å². The third-order valence-electron chi connectivity index (χ3n) is 2.81. The number of amides is 1. The molecule has 0 saturated carbocycles. The maximum absolute atomic E-state index is 13.5. The predicted octanol–water partition coefficient (Wildman–Crippen LogP) is 2.56. The fraction of sp³-hybridized carbons (Fsp3) is 0.133. The number of anilines is 1. The van der Waals surface area contributed by atoms with Crippen molar-refractivity contribution in [3.8, 4) is 11.5 Å². The van der Waals surface area contributed by atoms with Crippen molar-refractivity contribution in [3.05, 3.63) is 48.3 Å². The Labute approximate surface area is 133 Å². The van der Waals surface area contributed by atoms with Crippen LogP contribution >= 0.6 is 0 Å². The van der Waals surface area contributed by atoms with Gasteiger partial charge in [0.2, 0.25) is 5.91 Å². The molecule has 0 aromatic heterocycles. The van der Waals surface area contributed by atoms with Gasteiger partial charge in [0.15, 0.2) is 11.6 Å². The molecule has 1 N–H and O–H groups in total. The van der Waals surface area contributed by atoms with Crippen LogP contribution in [0.2, 0.25) is 0 Å². The summed E-state index contributed by atoms with van der Waals surface area (Å²) in [6.45, 7) is 1.31. The normalized spacial score (nSPS) is 10.9. The van der Waals surface area contributed by atoms with E-state index in [1.165, 1.54) is 50.4 Å². The van der Waals surface area contributed by atoms with Crippen molar-refractivity contribution in [2.75, 3.05) is 12.4 Å². The van der Waals surface area contributed by atoms with E-state index in [0.717, 1.165) is 6.07 Å². The van der Waals surface area contributed by atoms with Gasteiger partial charge in [-0.1, -0.05) is 12.1 Å². The fourth-order valence-corrected chi connectivity index (χ4v) is 2.75. The Morgan fingerprint density at radius 3 is 2.43 bits per heavy atom. The minimum atomic E-state index is -4.25. The molecule has 0 fully saturated rings. The Morgan fingerprint density at radius 2 is 1.83 bits per heavy atom. The summed E-state index contributed by atoms with van der Waals surface area (Å²) >= 11 is 0. The van der Waals surface area contributed by atoms with Crippen molar-refractivity contribution in [1.29, 1.82) is 0 Å². The molecule has 2 aromatic rings. The number of nitrogens with one attached hydrogen (secondary N) is 1. The Balaban J connectivity index is 2.36. The van der Waals surface area contributed by atoms with Gasteiger partial charge >= 0.3 is 10.1 Å². The molecule has 2 rings (SSSR count). The molecule has 2 aromatic carbocycles. The number of hydrogen-bond acceptors (Lipinski definition) is 5. The van der Waals surface area contributed by atoms with Crippen molar-refractivity contribution in [2.45, 2.75) is 11.8 Å². The van der Waals surface area contributed by atoms with Gasteiger partial charge in [-0.3, -0.25) is 4.79 Å². The molecule has 0 aliphatic rings. The molecule has 6 nitrogen and oxygen atoms in total. The summed E-state index contributed by atoms with van der Waals surface area (Å²) in [5.41, 5.74) is 0.310. The van der Waals surface area contributed by atoms with E-state index >= 15 is 0 Å². The highest BCUT2D eigenvalue weighted by molar-refractivity contribution is 7.87. The number of hydrogen-bond donors (Lipinski definition) is 1. The molecule has 23 heavy (non-hydrogen) atoms. The van der Waals surface area contributed by atoms with E-state index in [1.54, 1.807) is 0 Å². The Hall–Kier alpha value is -2.61. The molecule has 0 aliphatic carbocycles. The highest BCUT2D eigenvalue weighted by atomic mass is 32.2. The first-order valence-corrected chi connectivity index (χ1v) is 7.89. The second kappa shape index (κ2) is 6.66. The first-order chi connectivity index (χ1) is 10.8. The third-order valence-corrected chi connectivity index (χ3v) is 4.04. The average Bonchev–Trinajstić information content (AvgIpc) is 2.49. The maximum atomic E-state index is 13.5. The van der Waals surface area contributed by atoms with Crippen LogP contribution in [0.15, 0.2) is 47.4 Å². The van der Waals surface area contributed by atoms with Crippen LogP contribution < -0.4 is 14.2 Å². The molecular formula is C15H14FNO5S. The largest absolute Gasteiger partial charge is 0.495 e. The maximum Gasteiger partial charge on any atom is 0.339 e. The highest BCUT2D eigenvalue weighted by Crippen LogP contribution is 2.29. The zero-order valence-electron chi connectivity index (χ0n) is 12.4. The van der Waals surface area contributed by atoms with Gasteiger partial charge in [0.05, 0.1) is 12.8 Å². The van der Waals surface area contributed by atoms with E-state index in [9.17, 15) is 17.6 Å². The molecule has 122 valence electrons. The first kappa shape index (κ1) is 16.8. The summed E-state index contributed by atoms with van der Waals surface area (Å²) in [4.78, 5) is 10.9. The van der Waals surface area contributed by atoms with Gasteiger partial charge in [0.25, 0.3) is 0 Å². The number of para-hydroxylation sites is 1. The Morgan fingerprint density at radius 1 is 1.13 bits per heavy atom. The van der Waals surface area contributed by atoms with Crippen LogP contribution in [-0.4, -0.2) is 21.4 Å². The SMILES string of the molecule is COc1cc(S(=O)(=O)Oc2ccccc2F)ccc1NC(C)=O. The third kappa shape index (κ3) is 3.98. The summed E-state index contributed by atoms with van der Waals surface area (Å²) in [5, 5.41) is 2.50. The summed E-state index contributed by atoms with van der Waals surface area (Å²) < 4.78 is 47.8. The Kier molecular flexibility index (Phi) is 4.85. The second-order valence-corrected chi connectivity index (χ2v) is 6.06. The van der Waals surface area contributed by atoms with Gasteiger partial charge < -0.3 is 14.2 Å². The summed E-state index contributed by atoms with van der Waals surface area (Å²) in [6.07, 6.45) is 0. The van der Waals surface area contributed by atoms with Gasteiger partial charge in [-0.15, -0.1) is 0 Å². The van der Waals surface area contributed by atoms with Crippen molar-refractivity contribution >= 4 is 21.7 Å². The standard InChI is InChI=1S/C15H14FNO5S/c1-10(18)17-13-8-7-11(9-15(13)21-2)23(19,20)22-14-6-4-3-5-12(14)16/h3-9H,1-2H3,(H,17,18). The molecule has 0 radical (unpaired) electrons. The molecular weight excluding hydrogens is 325 g/mol. The molecule has 0 spiro atoms. The van der Waals surface area contributed by atoms with Crippen LogP contribution in [0.25, 0.3) is 0 Å². The molecule has 8 heteroatoms. The van der Waals surface area contributed by atoms with Gasteiger partial charge in [-0.25, -0.2) is 4.39 Å². The summed E-state index contributed by atoms with van der Waals surface area (Å²) in [6, 6.07) is 8.93. The lowest BCUT2D eigenvalue weighted by atomic mass is 10.3. The lowest BCUT2D eigenvalue weighted by Gasteiger charge is -2.12. The van der Waals surface area contributed by atoms with Gasteiger partial charge in [0.1, 0.15) is 10.6 Å². The first-order valence-electron chi connectivity index (χ1n) is 6.48. The zero-order valence-corrected chi connectivity index (χ0v) is 13.2. The number of halogens is 1. The van der Waals surface area contributed by atoms with E-state index in [1.807, 2.05) is 0 Å². The van der Waals surface area contributed by atoms with E-state index in [0.29, 0.717) is 5.69 Å². The van der Waals surface area contributed by atoms with Crippen molar-refractivity contribution in [3.63, 3.8) is 0 Å². The summed E-state index contributed by atoms with van der Waals surface area (Å²) in [5.74, 6) is -1.39. The van der Waals surface area contributed by atoms with E-state index < -0.39 is 21.7 Å². The van der Waals surface area contributed by atoms with E-state index in [-0.39, 0.29) is 16.6 Å². The van der Waals surface area contributed by atoms with Crippen LogP contribution in [0.3, 0.4) is 0 Å². The molecule has 0 aliphatic heterocycles. The van der Waals surface area contributed by atoms with Crippen molar-refractivity contribution < 1.29 is 26.5 Å². The van der Waals surface area contributed by atoms with Crippen LogP contribution in [-0.2, 0) is 14.9 Å². The number of carbonyl (C=O) groups excluding carboxylic acids is 1. The number of ether oxygens (including phenoxy) is 1. The molecule has 0 atom stereocenters. The van der Waals surface area contributed by atoms with Gasteiger partial charge in [-0.2, -0.15) is 8.42 Å². The lowest BCUT2D eigenvalue weighted by Crippen LogP contribution is -2.12. The summed E-state index contributed by atoms with van der Waals surface area (Å²) in [7, 11) is -2.92.